The van der Waals surface area contributed by atoms with Gasteiger partial charge in [0, 0.05) is 50.9 Å². The third-order valence-electron chi connectivity index (χ3n) is 5.20. The molecule has 0 radical (unpaired) electrons. The second-order valence-corrected chi connectivity index (χ2v) is 7.19. The number of halogens is 3. The number of rotatable bonds is 4. The van der Waals surface area contributed by atoms with Crippen molar-refractivity contribution in [2.75, 3.05) is 62.3 Å². The van der Waals surface area contributed by atoms with Gasteiger partial charge in [0.05, 0.1) is 13.2 Å². The number of hydrogen-bond donors (Lipinski definition) is 0. The van der Waals surface area contributed by atoms with Crippen molar-refractivity contribution in [1.82, 2.24) is 14.9 Å². The van der Waals surface area contributed by atoms with E-state index in [1.807, 2.05) is 6.07 Å². The third kappa shape index (κ3) is 5.35. The van der Waals surface area contributed by atoms with Crippen molar-refractivity contribution in [2.45, 2.75) is 6.36 Å². The Balaban J connectivity index is 1.35. The Morgan fingerprint density at radius 1 is 0.903 bits per heavy atom. The summed E-state index contributed by atoms with van der Waals surface area (Å²) in [6.07, 6.45) is -3.22. The van der Waals surface area contributed by atoms with Gasteiger partial charge in [0.25, 0.3) is 5.91 Å². The number of morpholine rings is 1. The smallest absolute Gasteiger partial charge is 0.406 e. The second-order valence-electron chi connectivity index (χ2n) is 7.19. The zero-order chi connectivity index (χ0) is 21.8. The molecule has 2 fully saturated rings. The van der Waals surface area contributed by atoms with Crippen LogP contribution in [0.25, 0.3) is 0 Å². The van der Waals surface area contributed by atoms with E-state index in [2.05, 4.69) is 24.5 Å². The van der Waals surface area contributed by atoms with Crippen LogP contribution >= 0.6 is 0 Å². The van der Waals surface area contributed by atoms with Crippen LogP contribution in [-0.4, -0.2) is 79.6 Å². The number of alkyl halides is 3. The predicted octanol–water partition coefficient (Wildman–Crippen LogP) is 2.17. The van der Waals surface area contributed by atoms with Crippen LogP contribution in [0.2, 0.25) is 0 Å². The van der Waals surface area contributed by atoms with Crippen LogP contribution in [0, 0.1) is 0 Å². The lowest BCUT2D eigenvalue weighted by Crippen LogP contribution is -2.49. The standard InChI is InChI=1S/C20H22F3N5O3/c21-20(22,23)31-16-3-1-15(2-4-16)19(29)28-7-5-26(6-8-28)17-13-18(25-14-24-17)27-9-11-30-12-10-27/h1-4,13-14H,5-12H2. The Labute approximate surface area is 177 Å². The molecule has 1 aromatic heterocycles. The van der Waals surface area contributed by atoms with Gasteiger partial charge in [-0.25, -0.2) is 9.97 Å². The Morgan fingerprint density at radius 2 is 1.48 bits per heavy atom. The average molecular weight is 437 g/mol. The van der Waals surface area contributed by atoms with E-state index in [9.17, 15) is 18.0 Å². The average Bonchev–Trinajstić information content (AvgIpc) is 2.79. The van der Waals surface area contributed by atoms with Gasteiger partial charge in [-0.2, -0.15) is 0 Å². The first-order valence-corrected chi connectivity index (χ1v) is 9.94. The maximum absolute atomic E-state index is 12.7. The predicted molar refractivity (Wildman–Crippen MR) is 106 cm³/mol. The molecular formula is C20H22F3N5O3. The zero-order valence-corrected chi connectivity index (χ0v) is 16.7. The minimum Gasteiger partial charge on any atom is -0.406 e. The van der Waals surface area contributed by atoms with Gasteiger partial charge in [0.1, 0.15) is 23.7 Å². The normalized spacial score (nSPS) is 17.6. The van der Waals surface area contributed by atoms with Gasteiger partial charge in [-0.15, -0.1) is 13.2 Å². The lowest BCUT2D eigenvalue weighted by Gasteiger charge is -2.36. The molecule has 2 aliphatic rings. The summed E-state index contributed by atoms with van der Waals surface area (Å²) in [5.74, 6) is 1.08. The first-order chi connectivity index (χ1) is 14.9. The largest absolute Gasteiger partial charge is 0.573 e. The molecule has 2 aliphatic heterocycles. The summed E-state index contributed by atoms with van der Waals surface area (Å²) in [4.78, 5) is 27.4. The molecule has 4 rings (SSSR count). The maximum Gasteiger partial charge on any atom is 0.573 e. The molecule has 0 aliphatic carbocycles. The highest BCUT2D eigenvalue weighted by molar-refractivity contribution is 5.94. The molecule has 3 heterocycles. The van der Waals surface area contributed by atoms with Crippen LogP contribution in [0.3, 0.4) is 0 Å². The van der Waals surface area contributed by atoms with Gasteiger partial charge in [0.2, 0.25) is 0 Å². The number of hydrogen-bond acceptors (Lipinski definition) is 7. The molecule has 166 valence electrons. The van der Waals surface area contributed by atoms with Gasteiger partial charge in [-0.1, -0.05) is 0 Å². The highest BCUT2D eigenvalue weighted by atomic mass is 19.4. The summed E-state index contributed by atoms with van der Waals surface area (Å²) < 4.78 is 46.1. The van der Waals surface area contributed by atoms with E-state index < -0.39 is 6.36 Å². The number of benzene rings is 1. The van der Waals surface area contributed by atoms with Crippen molar-refractivity contribution in [2.24, 2.45) is 0 Å². The summed E-state index contributed by atoms with van der Waals surface area (Å²) in [7, 11) is 0. The molecule has 1 amide bonds. The second kappa shape index (κ2) is 8.96. The number of amides is 1. The van der Waals surface area contributed by atoms with Crippen molar-refractivity contribution in [3.63, 3.8) is 0 Å². The zero-order valence-electron chi connectivity index (χ0n) is 16.7. The number of carbonyl (C=O) groups excluding carboxylic acids is 1. The minimum atomic E-state index is -4.76. The highest BCUT2D eigenvalue weighted by Crippen LogP contribution is 2.24. The van der Waals surface area contributed by atoms with Crippen LogP contribution in [0.4, 0.5) is 24.8 Å². The van der Waals surface area contributed by atoms with Gasteiger partial charge < -0.3 is 24.2 Å². The van der Waals surface area contributed by atoms with E-state index in [0.29, 0.717) is 45.0 Å². The number of carbonyl (C=O) groups is 1. The van der Waals surface area contributed by atoms with E-state index in [-0.39, 0.29) is 11.7 Å². The lowest BCUT2D eigenvalue weighted by atomic mass is 10.1. The first kappa shape index (κ1) is 21.2. The summed E-state index contributed by atoms with van der Waals surface area (Å²) >= 11 is 0. The van der Waals surface area contributed by atoms with Crippen LogP contribution in [0.5, 0.6) is 5.75 Å². The van der Waals surface area contributed by atoms with Crippen LogP contribution in [0.1, 0.15) is 10.4 Å². The fourth-order valence-electron chi connectivity index (χ4n) is 3.60. The van der Waals surface area contributed by atoms with E-state index in [1.165, 1.54) is 12.1 Å². The summed E-state index contributed by atoms with van der Waals surface area (Å²) in [5.41, 5.74) is 0.319. The monoisotopic (exact) mass is 437 g/mol. The number of piperazine rings is 1. The molecule has 0 spiro atoms. The molecule has 11 heteroatoms. The molecular weight excluding hydrogens is 415 g/mol. The molecule has 1 aromatic carbocycles. The number of anilines is 2. The fraction of sp³-hybridized carbons (Fsp3) is 0.450. The van der Waals surface area contributed by atoms with Crippen molar-refractivity contribution in [3.8, 4) is 5.75 Å². The molecule has 31 heavy (non-hydrogen) atoms. The summed E-state index contributed by atoms with van der Waals surface area (Å²) in [5, 5.41) is 0. The summed E-state index contributed by atoms with van der Waals surface area (Å²) in [6, 6.07) is 6.92. The van der Waals surface area contributed by atoms with E-state index >= 15 is 0 Å². The molecule has 8 nitrogen and oxygen atoms in total. The van der Waals surface area contributed by atoms with Crippen molar-refractivity contribution in [1.29, 1.82) is 0 Å². The molecule has 0 saturated carbocycles. The Bertz CT molecular complexity index is 896. The van der Waals surface area contributed by atoms with Gasteiger partial charge in [-0.3, -0.25) is 4.79 Å². The molecule has 2 saturated heterocycles. The SMILES string of the molecule is O=C(c1ccc(OC(F)(F)F)cc1)N1CCN(c2cc(N3CCOCC3)ncn2)CC1. The van der Waals surface area contributed by atoms with E-state index in [1.54, 1.807) is 11.2 Å². The third-order valence-corrected chi connectivity index (χ3v) is 5.20. The Hall–Kier alpha value is -3.08. The van der Waals surface area contributed by atoms with Crippen molar-refractivity contribution < 1.29 is 27.4 Å². The van der Waals surface area contributed by atoms with E-state index in [0.717, 1.165) is 36.9 Å². The Morgan fingerprint density at radius 3 is 2.06 bits per heavy atom. The number of aromatic nitrogens is 2. The quantitative estimate of drug-likeness (QED) is 0.726. The number of nitrogens with zero attached hydrogens (tertiary/aromatic N) is 5. The van der Waals surface area contributed by atoms with Crippen molar-refractivity contribution >= 4 is 17.5 Å². The topological polar surface area (TPSA) is 71.0 Å². The molecule has 2 aromatic rings. The van der Waals surface area contributed by atoms with Crippen LogP contribution in [-0.2, 0) is 4.74 Å². The van der Waals surface area contributed by atoms with Gasteiger partial charge in [0.15, 0.2) is 0 Å². The fourth-order valence-corrected chi connectivity index (χ4v) is 3.60. The number of ether oxygens (including phenoxy) is 2. The van der Waals surface area contributed by atoms with E-state index in [4.69, 9.17) is 4.74 Å². The van der Waals surface area contributed by atoms with Gasteiger partial charge >= 0.3 is 6.36 Å². The van der Waals surface area contributed by atoms with Crippen LogP contribution in [0.15, 0.2) is 36.7 Å². The summed E-state index contributed by atoms with van der Waals surface area (Å²) in [6.45, 7) is 5.07. The van der Waals surface area contributed by atoms with Gasteiger partial charge in [-0.05, 0) is 24.3 Å². The molecule has 0 unspecified atom stereocenters. The maximum atomic E-state index is 12.7. The Kier molecular flexibility index (Phi) is 6.12. The van der Waals surface area contributed by atoms with Crippen LogP contribution < -0.4 is 14.5 Å². The highest BCUT2D eigenvalue weighted by Gasteiger charge is 2.31. The molecule has 0 N–H and O–H groups in total. The first-order valence-electron chi connectivity index (χ1n) is 9.94. The minimum absolute atomic E-state index is 0.227. The molecule has 0 bridgehead atoms. The lowest BCUT2D eigenvalue weighted by molar-refractivity contribution is -0.274. The van der Waals surface area contributed by atoms with Crippen molar-refractivity contribution in [3.05, 3.63) is 42.2 Å². The molecule has 0 atom stereocenters.